The second-order valence-electron chi connectivity index (χ2n) is 4.25. The van der Waals surface area contributed by atoms with E-state index in [9.17, 15) is 18.0 Å². The third kappa shape index (κ3) is 2.86. The molecule has 6 heteroatoms. The molecule has 1 atom stereocenters. The number of alkyl halides is 4. The van der Waals surface area contributed by atoms with Crippen LogP contribution < -0.4 is 0 Å². The standard InChI is InChI=1S/C9H13BrF3NO/c1-8(2)6(10)3-4-14(8)7(15)5-9(11,12)13/h6H,3-5H2,1-2H3. The number of carbonyl (C=O) groups excluding carboxylic acids is 1. The van der Waals surface area contributed by atoms with Gasteiger partial charge in [0.15, 0.2) is 0 Å². The van der Waals surface area contributed by atoms with Crippen LogP contribution in [0.3, 0.4) is 0 Å². The van der Waals surface area contributed by atoms with Gasteiger partial charge in [0.1, 0.15) is 6.42 Å². The number of hydrogen-bond acceptors (Lipinski definition) is 1. The zero-order valence-corrected chi connectivity index (χ0v) is 10.2. The van der Waals surface area contributed by atoms with Crippen molar-refractivity contribution in [3.63, 3.8) is 0 Å². The van der Waals surface area contributed by atoms with Crippen LogP contribution in [-0.4, -0.2) is 33.9 Å². The number of amides is 1. The molecule has 1 unspecified atom stereocenters. The van der Waals surface area contributed by atoms with E-state index in [1.807, 2.05) is 0 Å². The van der Waals surface area contributed by atoms with Gasteiger partial charge in [-0.3, -0.25) is 4.79 Å². The van der Waals surface area contributed by atoms with Gasteiger partial charge in [0.05, 0.1) is 0 Å². The number of carbonyl (C=O) groups is 1. The predicted molar refractivity (Wildman–Crippen MR) is 53.8 cm³/mol. The Hall–Kier alpha value is -0.260. The zero-order valence-electron chi connectivity index (χ0n) is 8.57. The summed E-state index contributed by atoms with van der Waals surface area (Å²) in [7, 11) is 0. The van der Waals surface area contributed by atoms with Gasteiger partial charge in [-0.05, 0) is 20.3 Å². The number of likely N-dealkylation sites (tertiary alicyclic amines) is 1. The molecule has 0 aromatic heterocycles. The Labute approximate surface area is 94.9 Å². The lowest BCUT2D eigenvalue weighted by Gasteiger charge is -2.34. The molecule has 0 saturated carbocycles. The molecule has 1 aliphatic heterocycles. The summed E-state index contributed by atoms with van der Waals surface area (Å²) < 4.78 is 36.1. The predicted octanol–water partition coefficient (Wildman–Crippen LogP) is 2.71. The Kier molecular flexibility index (Phi) is 3.38. The van der Waals surface area contributed by atoms with Gasteiger partial charge < -0.3 is 4.90 Å². The zero-order chi connectivity index (χ0) is 11.9. The van der Waals surface area contributed by atoms with E-state index >= 15 is 0 Å². The van der Waals surface area contributed by atoms with Crippen molar-refractivity contribution in [2.45, 2.75) is 43.2 Å². The van der Waals surface area contributed by atoms with E-state index in [1.54, 1.807) is 13.8 Å². The minimum atomic E-state index is -4.42. The van der Waals surface area contributed by atoms with Gasteiger partial charge in [-0.25, -0.2) is 0 Å². The van der Waals surface area contributed by atoms with Gasteiger partial charge in [-0.1, -0.05) is 15.9 Å². The highest BCUT2D eigenvalue weighted by atomic mass is 79.9. The molecular formula is C9H13BrF3NO. The Bertz CT molecular complexity index is 265. The average molecular weight is 288 g/mol. The molecule has 0 aromatic carbocycles. The quantitative estimate of drug-likeness (QED) is 0.679. The van der Waals surface area contributed by atoms with Crippen LogP contribution in [0.15, 0.2) is 0 Å². The van der Waals surface area contributed by atoms with Gasteiger partial charge in [0, 0.05) is 16.9 Å². The maximum Gasteiger partial charge on any atom is 0.397 e. The van der Waals surface area contributed by atoms with Crippen molar-refractivity contribution in [3.05, 3.63) is 0 Å². The van der Waals surface area contributed by atoms with Crippen molar-refractivity contribution in [3.8, 4) is 0 Å². The normalized spacial score (nSPS) is 25.7. The van der Waals surface area contributed by atoms with Crippen molar-refractivity contribution in [2.75, 3.05) is 6.54 Å². The van der Waals surface area contributed by atoms with E-state index in [2.05, 4.69) is 15.9 Å². The summed E-state index contributed by atoms with van der Waals surface area (Å²) in [5.41, 5.74) is -0.539. The molecule has 0 spiro atoms. The summed E-state index contributed by atoms with van der Waals surface area (Å²) in [5.74, 6) is -0.838. The lowest BCUT2D eigenvalue weighted by atomic mass is 10.0. The monoisotopic (exact) mass is 287 g/mol. The van der Waals surface area contributed by atoms with Crippen LogP contribution in [0.1, 0.15) is 26.7 Å². The molecule has 15 heavy (non-hydrogen) atoms. The molecule has 1 rings (SSSR count). The SMILES string of the molecule is CC1(C)C(Br)CCN1C(=O)CC(F)(F)F. The fraction of sp³-hybridized carbons (Fsp3) is 0.889. The molecule has 1 heterocycles. The average Bonchev–Trinajstić information content (AvgIpc) is 2.23. The van der Waals surface area contributed by atoms with E-state index < -0.39 is 24.0 Å². The third-order valence-corrected chi connectivity index (χ3v) is 4.30. The van der Waals surface area contributed by atoms with E-state index in [0.29, 0.717) is 13.0 Å². The van der Waals surface area contributed by atoms with Crippen LogP contribution >= 0.6 is 15.9 Å². The number of nitrogens with zero attached hydrogens (tertiary/aromatic N) is 1. The first-order valence-electron chi connectivity index (χ1n) is 4.66. The molecule has 0 N–H and O–H groups in total. The second-order valence-corrected chi connectivity index (χ2v) is 5.35. The molecule has 1 amide bonds. The third-order valence-electron chi connectivity index (χ3n) is 2.72. The van der Waals surface area contributed by atoms with E-state index in [4.69, 9.17) is 0 Å². The van der Waals surface area contributed by atoms with Crippen molar-refractivity contribution < 1.29 is 18.0 Å². The number of rotatable bonds is 1. The molecule has 0 radical (unpaired) electrons. The van der Waals surface area contributed by atoms with E-state index in [1.165, 1.54) is 4.90 Å². The topological polar surface area (TPSA) is 20.3 Å². The maximum atomic E-state index is 12.0. The molecule has 1 fully saturated rings. The fourth-order valence-corrected chi connectivity index (χ4v) is 2.22. The Morgan fingerprint density at radius 2 is 2.07 bits per heavy atom. The van der Waals surface area contributed by atoms with Crippen LogP contribution in [0.2, 0.25) is 0 Å². The lowest BCUT2D eigenvalue weighted by Crippen LogP contribution is -2.47. The van der Waals surface area contributed by atoms with Gasteiger partial charge in [0.2, 0.25) is 5.91 Å². The van der Waals surface area contributed by atoms with Crippen LogP contribution in [0.4, 0.5) is 13.2 Å². The first-order chi connectivity index (χ1) is 6.64. The minimum Gasteiger partial charge on any atom is -0.336 e. The lowest BCUT2D eigenvalue weighted by molar-refractivity contribution is -0.163. The van der Waals surface area contributed by atoms with Gasteiger partial charge in [-0.2, -0.15) is 13.2 Å². The van der Waals surface area contributed by atoms with Crippen LogP contribution in [-0.2, 0) is 4.79 Å². The summed E-state index contributed by atoms with van der Waals surface area (Å²) in [6, 6.07) is 0. The number of hydrogen-bond donors (Lipinski definition) is 0. The second kappa shape index (κ2) is 3.96. The first-order valence-corrected chi connectivity index (χ1v) is 5.57. The van der Waals surface area contributed by atoms with E-state index in [-0.39, 0.29) is 4.83 Å². The Morgan fingerprint density at radius 1 is 1.53 bits per heavy atom. The summed E-state index contributed by atoms with van der Waals surface area (Å²) >= 11 is 3.37. The molecule has 0 aromatic rings. The highest BCUT2D eigenvalue weighted by molar-refractivity contribution is 9.09. The van der Waals surface area contributed by atoms with Gasteiger partial charge in [0.25, 0.3) is 0 Å². The molecule has 0 bridgehead atoms. The molecule has 2 nitrogen and oxygen atoms in total. The smallest absolute Gasteiger partial charge is 0.336 e. The van der Waals surface area contributed by atoms with Crippen LogP contribution in [0.5, 0.6) is 0 Å². The van der Waals surface area contributed by atoms with Gasteiger partial charge in [-0.15, -0.1) is 0 Å². The van der Waals surface area contributed by atoms with Crippen LogP contribution in [0, 0.1) is 0 Å². The minimum absolute atomic E-state index is 0.0576. The Balaban J connectivity index is 2.70. The fourth-order valence-electron chi connectivity index (χ4n) is 1.77. The summed E-state index contributed by atoms with van der Waals surface area (Å²) in [6.45, 7) is 3.93. The first kappa shape index (κ1) is 12.8. The molecule has 0 aliphatic carbocycles. The number of halogens is 4. The molecule has 88 valence electrons. The molecular weight excluding hydrogens is 275 g/mol. The van der Waals surface area contributed by atoms with E-state index in [0.717, 1.165) is 0 Å². The maximum absolute atomic E-state index is 12.0. The summed E-state index contributed by atoms with van der Waals surface area (Å²) in [5, 5.41) is 0. The van der Waals surface area contributed by atoms with Crippen molar-refractivity contribution in [1.82, 2.24) is 4.90 Å². The summed E-state index contributed by atoms with van der Waals surface area (Å²) in [4.78, 5) is 12.8. The van der Waals surface area contributed by atoms with Gasteiger partial charge >= 0.3 is 6.18 Å². The van der Waals surface area contributed by atoms with Crippen molar-refractivity contribution in [2.24, 2.45) is 0 Å². The summed E-state index contributed by atoms with van der Waals surface area (Å²) in [6.07, 6.45) is -5.09. The molecule has 1 aliphatic rings. The van der Waals surface area contributed by atoms with Crippen LogP contribution in [0.25, 0.3) is 0 Å². The highest BCUT2D eigenvalue weighted by Gasteiger charge is 2.45. The van der Waals surface area contributed by atoms with Crippen molar-refractivity contribution in [1.29, 1.82) is 0 Å². The highest BCUT2D eigenvalue weighted by Crippen LogP contribution is 2.35. The van der Waals surface area contributed by atoms with Crippen molar-refractivity contribution >= 4 is 21.8 Å². The largest absolute Gasteiger partial charge is 0.397 e. The Morgan fingerprint density at radius 3 is 2.40 bits per heavy atom. The molecule has 1 saturated heterocycles.